The van der Waals surface area contributed by atoms with Crippen LogP contribution in [-0.2, 0) is 4.74 Å². The maximum atomic E-state index is 12.5. The molecule has 0 aromatic carbocycles. The lowest BCUT2D eigenvalue weighted by Crippen LogP contribution is -2.58. The third-order valence-corrected chi connectivity index (χ3v) is 5.51. The number of ether oxygens (including phenoxy) is 1. The van der Waals surface area contributed by atoms with Gasteiger partial charge >= 0.3 is 0 Å². The summed E-state index contributed by atoms with van der Waals surface area (Å²) >= 11 is 0. The average Bonchev–Trinajstić information content (AvgIpc) is 2.60. The number of likely N-dealkylation sites (N-methyl/N-ethyl adjacent to an activating group) is 1. The van der Waals surface area contributed by atoms with Gasteiger partial charge in [-0.15, -0.1) is 24.0 Å². The zero-order valence-electron chi connectivity index (χ0n) is 16.1. The second kappa shape index (κ2) is 11.6. The SMILES string of the molecule is CN=C(NCC1(N(C)C)CCOCC1)NC1CCN(CC(F)F)CC1.I. The van der Waals surface area contributed by atoms with Crippen LogP contribution in [0.15, 0.2) is 4.99 Å². The molecule has 0 atom stereocenters. The molecule has 0 spiro atoms. The molecule has 0 saturated carbocycles. The van der Waals surface area contributed by atoms with E-state index in [-0.39, 0.29) is 42.1 Å². The zero-order chi connectivity index (χ0) is 18.3. The Morgan fingerprint density at radius 3 is 2.38 bits per heavy atom. The number of hydrogen-bond acceptors (Lipinski definition) is 4. The molecule has 6 nitrogen and oxygen atoms in total. The van der Waals surface area contributed by atoms with Crippen molar-refractivity contribution in [3.8, 4) is 0 Å². The van der Waals surface area contributed by atoms with Crippen LogP contribution in [0.1, 0.15) is 25.7 Å². The van der Waals surface area contributed by atoms with Gasteiger partial charge in [0.1, 0.15) is 0 Å². The van der Waals surface area contributed by atoms with E-state index in [0.29, 0.717) is 13.1 Å². The standard InChI is InChI=1S/C17H33F2N5O.HI/c1-20-16(21-13-17(23(2)3)6-10-25-11-7-17)22-14-4-8-24(9-5-14)12-15(18)19;/h14-15H,4-13H2,1-3H3,(H2,20,21,22);1H. The van der Waals surface area contributed by atoms with Gasteiger partial charge in [0, 0.05) is 51.5 Å². The molecule has 0 aromatic heterocycles. The smallest absolute Gasteiger partial charge is 0.251 e. The molecular weight excluding hydrogens is 455 g/mol. The number of likely N-dealkylation sites (tertiary alicyclic amines) is 1. The van der Waals surface area contributed by atoms with Crippen LogP contribution in [0.3, 0.4) is 0 Å². The number of piperidine rings is 1. The number of rotatable bonds is 6. The third kappa shape index (κ3) is 7.05. The van der Waals surface area contributed by atoms with E-state index in [0.717, 1.165) is 51.4 Å². The summed E-state index contributed by atoms with van der Waals surface area (Å²) in [5.41, 5.74) is 0.0799. The Hall–Kier alpha value is -0.260. The minimum Gasteiger partial charge on any atom is -0.381 e. The van der Waals surface area contributed by atoms with E-state index in [2.05, 4.69) is 34.6 Å². The lowest BCUT2D eigenvalue weighted by Gasteiger charge is -2.43. The maximum absolute atomic E-state index is 12.5. The Morgan fingerprint density at radius 2 is 1.88 bits per heavy atom. The van der Waals surface area contributed by atoms with Crippen LogP contribution in [-0.4, -0.2) is 94.3 Å². The first kappa shape index (κ1) is 23.8. The van der Waals surface area contributed by atoms with Crippen LogP contribution in [0, 0.1) is 0 Å². The summed E-state index contributed by atoms with van der Waals surface area (Å²) in [5, 5.41) is 6.91. The van der Waals surface area contributed by atoms with Crippen LogP contribution < -0.4 is 10.6 Å². The van der Waals surface area contributed by atoms with Crippen molar-refractivity contribution in [3.05, 3.63) is 0 Å². The fourth-order valence-electron chi connectivity index (χ4n) is 3.62. The Morgan fingerprint density at radius 1 is 1.27 bits per heavy atom. The number of halogens is 3. The molecule has 9 heteroatoms. The first-order valence-corrected chi connectivity index (χ1v) is 9.18. The molecule has 0 bridgehead atoms. The van der Waals surface area contributed by atoms with Gasteiger partial charge in [0.2, 0.25) is 0 Å². The van der Waals surface area contributed by atoms with E-state index in [4.69, 9.17) is 4.74 Å². The minimum atomic E-state index is -2.25. The van der Waals surface area contributed by atoms with Crippen molar-refractivity contribution in [1.82, 2.24) is 20.4 Å². The first-order chi connectivity index (χ1) is 11.9. The lowest BCUT2D eigenvalue weighted by molar-refractivity contribution is -0.00504. The van der Waals surface area contributed by atoms with E-state index in [1.54, 1.807) is 7.05 Å². The summed E-state index contributed by atoms with van der Waals surface area (Å²) in [6.07, 6.45) is 1.47. The maximum Gasteiger partial charge on any atom is 0.251 e. The third-order valence-electron chi connectivity index (χ3n) is 5.51. The summed E-state index contributed by atoms with van der Waals surface area (Å²) < 4.78 is 30.4. The first-order valence-electron chi connectivity index (χ1n) is 9.18. The van der Waals surface area contributed by atoms with Crippen molar-refractivity contribution in [2.45, 2.75) is 43.7 Å². The highest BCUT2D eigenvalue weighted by Crippen LogP contribution is 2.25. The Balaban J connectivity index is 0.00000338. The van der Waals surface area contributed by atoms with Gasteiger partial charge in [-0.05, 0) is 39.8 Å². The zero-order valence-corrected chi connectivity index (χ0v) is 18.5. The largest absolute Gasteiger partial charge is 0.381 e. The van der Waals surface area contributed by atoms with Crippen molar-refractivity contribution in [3.63, 3.8) is 0 Å². The minimum absolute atomic E-state index is 0. The molecule has 2 N–H and O–H groups in total. The van der Waals surface area contributed by atoms with Crippen LogP contribution in [0.25, 0.3) is 0 Å². The molecule has 154 valence electrons. The predicted molar refractivity (Wildman–Crippen MR) is 112 cm³/mol. The molecule has 2 aliphatic rings. The van der Waals surface area contributed by atoms with Crippen molar-refractivity contribution >= 4 is 29.9 Å². The van der Waals surface area contributed by atoms with Gasteiger partial charge in [0.05, 0.1) is 6.54 Å². The van der Waals surface area contributed by atoms with E-state index in [1.807, 2.05) is 4.90 Å². The average molecular weight is 489 g/mol. The monoisotopic (exact) mass is 489 g/mol. The molecule has 0 aromatic rings. The number of aliphatic imine (C=N–C) groups is 1. The van der Waals surface area contributed by atoms with Gasteiger partial charge in [0.15, 0.2) is 5.96 Å². The summed E-state index contributed by atoms with van der Waals surface area (Å²) in [4.78, 5) is 8.45. The van der Waals surface area contributed by atoms with Crippen molar-refractivity contribution < 1.29 is 13.5 Å². The normalized spacial score (nSPS) is 22.3. The van der Waals surface area contributed by atoms with E-state index < -0.39 is 6.43 Å². The van der Waals surface area contributed by atoms with Crippen LogP contribution >= 0.6 is 24.0 Å². The number of nitrogens with zero attached hydrogens (tertiary/aromatic N) is 3. The van der Waals surface area contributed by atoms with Crippen molar-refractivity contribution in [2.24, 2.45) is 4.99 Å². The number of guanidine groups is 1. The molecule has 2 fully saturated rings. The molecule has 2 rings (SSSR count). The summed E-state index contributed by atoms with van der Waals surface area (Å²) in [6.45, 7) is 3.68. The topological polar surface area (TPSA) is 52.1 Å². The highest BCUT2D eigenvalue weighted by atomic mass is 127. The van der Waals surface area contributed by atoms with Crippen molar-refractivity contribution in [1.29, 1.82) is 0 Å². The van der Waals surface area contributed by atoms with Gasteiger partial charge in [0.25, 0.3) is 6.43 Å². The van der Waals surface area contributed by atoms with Gasteiger partial charge in [-0.1, -0.05) is 0 Å². The van der Waals surface area contributed by atoms with E-state index in [9.17, 15) is 8.78 Å². The van der Waals surface area contributed by atoms with Gasteiger partial charge in [-0.25, -0.2) is 8.78 Å². The lowest BCUT2D eigenvalue weighted by atomic mass is 9.88. The molecular formula is C17H34F2IN5O. The van der Waals surface area contributed by atoms with Gasteiger partial charge < -0.3 is 20.3 Å². The quantitative estimate of drug-likeness (QED) is 0.338. The van der Waals surface area contributed by atoms with E-state index >= 15 is 0 Å². The summed E-state index contributed by atoms with van der Waals surface area (Å²) in [7, 11) is 6.00. The Bertz CT molecular complexity index is 425. The second-order valence-corrected chi connectivity index (χ2v) is 7.27. The highest BCUT2D eigenvalue weighted by molar-refractivity contribution is 14.0. The molecule has 2 aliphatic heterocycles. The van der Waals surface area contributed by atoms with Crippen LogP contribution in [0.4, 0.5) is 8.78 Å². The summed E-state index contributed by atoms with van der Waals surface area (Å²) in [6, 6.07) is 0.283. The van der Waals surface area contributed by atoms with Crippen LogP contribution in [0.2, 0.25) is 0 Å². The number of nitrogens with one attached hydrogen (secondary N) is 2. The van der Waals surface area contributed by atoms with Crippen molar-refractivity contribution in [2.75, 3.05) is 60.5 Å². The van der Waals surface area contributed by atoms with Crippen LogP contribution in [0.5, 0.6) is 0 Å². The number of hydrogen-bond donors (Lipinski definition) is 2. The van der Waals surface area contributed by atoms with Gasteiger partial charge in [-0.2, -0.15) is 0 Å². The van der Waals surface area contributed by atoms with Gasteiger partial charge in [-0.3, -0.25) is 9.89 Å². The molecule has 0 amide bonds. The second-order valence-electron chi connectivity index (χ2n) is 7.27. The Kier molecular flexibility index (Phi) is 10.6. The molecule has 2 heterocycles. The fourth-order valence-corrected chi connectivity index (χ4v) is 3.62. The fraction of sp³-hybridized carbons (Fsp3) is 0.941. The Labute approximate surface area is 173 Å². The molecule has 26 heavy (non-hydrogen) atoms. The number of alkyl halides is 2. The molecule has 0 aliphatic carbocycles. The predicted octanol–water partition coefficient (Wildman–Crippen LogP) is 1.61. The molecule has 0 unspecified atom stereocenters. The van der Waals surface area contributed by atoms with E-state index in [1.165, 1.54) is 0 Å². The highest BCUT2D eigenvalue weighted by Gasteiger charge is 2.35. The molecule has 2 saturated heterocycles. The summed E-state index contributed by atoms with van der Waals surface area (Å²) in [5.74, 6) is 0.792. The molecule has 0 radical (unpaired) electrons.